The van der Waals surface area contributed by atoms with Crippen molar-refractivity contribution in [2.24, 2.45) is 5.10 Å². The fourth-order valence-corrected chi connectivity index (χ4v) is 5.49. The number of halogens is 3. The van der Waals surface area contributed by atoms with Gasteiger partial charge in [-0.2, -0.15) is 5.10 Å². The average Bonchev–Trinajstić information content (AvgIpc) is 3.00. The monoisotopic (exact) mass is 768 g/mol. The maximum Gasteiger partial charge on any atom is 0.337 e. The lowest BCUT2D eigenvalue weighted by Gasteiger charge is -2.28. The van der Waals surface area contributed by atoms with Crippen LogP contribution in [0.5, 0.6) is 17.2 Å². The third-order valence-corrected chi connectivity index (χ3v) is 7.89. The summed E-state index contributed by atoms with van der Waals surface area (Å²) in [5, 5.41) is 21.0. The quantitative estimate of drug-likeness (QED) is 0.0572. The highest BCUT2D eigenvalue weighted by Gasteiger charge is 2.32. The maximum absolute atomic E-state index is 12.4. The van der Waals surface area contributed by atoms with Gasteiger partial charge in [0.05, 0.1) is 35.1 Å². The number of hydrogen-bond acceptors (Lipinski definition) is 9. The lowest BCUT2D eigenvalue weighted by molar-refractivity contribution is -0.136. The molecule has 0 spiro atoms. The van der Waals surface area contributed by atoms with Crippen LogP contribution in [0.25, 0.3) is 0 Å². The predicted molar refractivity (Wildman–Crippen MR) is 179 cm³/mol. The van der Waals surface area contributed by atoms with Gasteiger partial charge in [-0.1, -0.05) is 35.3 Å². The molecule has 3 aromatic rings. The van der Waals surface area contributed by atoms with Crippen molar-refractivity contribution in [2.75, 3.05) is 20.3 Å². The van der Waals surface area contributed by atoms with Crippen LogP contribution in [0.4, 0.5) is 4.79 Å². The first-order chi connectivity index (χ1) is 21.6. The number of nitrogens with zero attached hydrogens (tertiary/aromatic N) is 1. The molecule has 14 heteroatoms. The van der Waals surface area contributed by atoms with Crippen LogP contribution in [0.3, 0.4) is 0 Å². The molecule has 0 unspecified atom stereocenters. The summed E-state index contributed by atoms with van der Waals surface area (Å²) in [5.74, 6) is 0.842. The number of hydrogen-bond donors (Lipinski definition) is 4. The number of aliphatic hydroxyl groups is 1. The zero-order chi connectivity index (χ0) is 32.5. The second-order valence-corrected chi connectivity index (χ2v) is 11.6. The van der Waals surface area contributed by atoms with Crippen molar-refractivity contribution in [1.82, 2.24) is 16.1 Å². The Morgan fingerprint density at radius 1 is 1.09 bits per heavy atom. The van der Waals surface area contributed by atoms with Gasteiger partial charge in [0.1, 0.15) is 19.0 Å². The van der Waals surface area contributed by atoms with Crippen molar-refractivity contribution in [3.05, 3.63) is 96.2 Å². The minimum Gasteiger partial charge on any atom is -0.490 e. The van der Waals surface area contributed by atoms with Crippen molar-refractivity contribution in [2.45, 2.75) is 32.7 Å². The molecule has 0 aromatic heterocycles. The van der Waals surface area contributed by atoms with E-state index >= 15 is 0 Å². The Labute approximate surface area is 284 Å². The van der Waals surface area contributed by atoms with Gasteiger partial charge in [0, 0.05) is 21.3 Å². The summed E-state index contributed by atoms with van der Waals surface area (Å²) in [6.07, 6.45) is 0.425. The number of carbonyl (C=O) groups excluding carboxylic acids is 2. The van der Waals surface area contributed by atoms with E-state index in [9.17, 15) is 14.7 Å². The van der Waals surface area contributed by atoms with Gasteiger partial charge in [-0.05, 0) is 90.0 Å². The molecular weight excluding hydrogens is 738 g/mol. The van der Waals surface area contributed by atoms with Crippen LogP contribution in [-0.4, -0.2) is 49.9 Å². The molecule has 0 saturated heterocycles. The van der Waals surface area contributed by atoms with Crippen LogP contribution in [0.1, 0.15) is 36.6 Å². The van der Waals surface area contributed by atoms with Crippen LogP contribution in [0, 0.1) is 3.57 Å². The number of benzene rings is 3. The van der Waals surface area contributed by atoms with E-state index in [-0.39, 0.29) is 12.2 Å². The molecule has 1 heterocycles. The van der Waals surface area contributed by atoms with Crippen LogP contribution >= 0.6 is 45.8 Å². The van der Waals surface area contributed by atoms with E-state index in [1.54, 1.807) is 43.5 Å². The third kappa shape index (κ3) is 9.16. The standard InChI is InChI=1S/C31H31Cl2IN4O7/c1-4-43-26-12-19(29-28(30(40)42-3)17(2)36-31(41)37-29)7-10-25(26)45-16-27(39)38-35-14-18-5-9-24(23(34)11-18)44-15-20-6-8-21(32)13-22(20)33/h5-14,27,29,38-39H,4,15-16H2,1-3H3,(H2,36,37,41)/b35-14-/t27-,29+/m0/s1. The number of amides is 2. The molecule has 0 radical (unpaired) electrons. The molecule has 0 saturated carbocycles. The van der Waals surface area contributed by atoms with Gasteiger partial charge in [0.25, 0.3) is 0 Å². The lowest BCUT2D eigenvalue weighted by Crippen LogP contribution is -2.45. The molecule has 0 aliphatic carbocycles. The Balaban J connectivity index is 1.34. The first-order valence-electron chi connectivity index (χ1n) is 13.7. The molecule has 3 aromatic carbocycles. The molecule has 11 nitrogen and oxygen atoms in total. The summed E-state index contributed by atoms with van der Waals surface area (Å²) in [7, 11) is 1.27. The average molecular weight is 769 g/mol. The SMILES string of the molecule is CCOc1cc([C@H]2NC(=O)NC(C)=C2C(=O)OC)ccc1OC[C@H](O)N/N=C\c1ccc(OCc2ccc(Cl)cc2Cl)c(I)c1. The number of methoxy groups -OCH3 is 1. The smallest absolute Gasteiger partial charge is 0.337 e. The Bertz CT molecular complexity index is 1620. The number of aliphatic hydroxyl groups excluding tert-OH is 1. The van der Waals surface area contributed by atoms with Crippen molar-refractivity contribution in [3.8, 4) is 17.2 Å². The van der Waals surface area contributed by atoms with Gasteiger partial charge in [-0.15, -0.1) is 0 Å². The second kappa shape index (κ2) is 16.0. The Morgan fingerprint density at radius 3 is 2.58 bits per heavy atom. The summed E-state index contributed by atoms with van der Waals surface area (Å²) in [4.78, 5) is 24.6. The van der Waals surface area contributed by atoms with Gasteiger partial charge in [0.2, 0.25) is 0 Å². The van der Waals surface area contributed by atoms with E-state index in [2.05, 4.69) is 43.8 Å². The molecule has 1 aliphatic rings. The summed E-state index contributed by atoms with van der Waals surface area (Å²) in [6, 6.07) is 14.6. The number of esters is 1. The largest absolute Gasteiger partial charge is 0.490 e. The molecule has 2 amide bonds. The van der Waals surface area contributed by atoms with Crippen LogP contribution in [-0.2, 0) is 16.1 Å². The normalized spacial score (nSPS) is 15.3. The predicted octanol–water partition coefficient (Wildman–Crippen LogP) is 5.70. The molecular formula is C31H31Cl2IN4O7. The van der Waals surface area contributed by atoms with Gasteiger partial charge >= 0.3 is 12.0 Å². The molecule has 4 rings (SSSR count). The Hall–Kier alpha value is -3.72. The van der Waals surface area contributed by atoms with E-state index < -0.39 is 24.3 Å². The first-order valence-corrected chi connectivity index (χ1v) is 15.5. The number of carbonyl (C=O) groups is 2. The van der Waals surface area contributed by atoms with Gasteiger partial charge in [-0.25, -0.2) is 9.59 Å². The van der Waals surface area contributed by atoms with E-state index in [4.69, 9.17) is 42.1 Å². The van der Waals surface area contributed by atoms with Crippen LogP contribution in [0.2, 0.25) is 10.0 Å². The summed E-state index contributed by atoms with van der Waals surface area (Å²) < 4.78 is 23.2. The van der Waals surface area contributed by atoms with Crippen molar-refractivity contribution < 1.29 is 33.6 Å². The Morgan fingerprint density at radius 2 is 1.87 bits per heavy atom. The van der Waals surface area contributed by atoms with Crippen molar-refractivity contribution >= 4 is 64.0 Å². The van der Waals surface area contributed by atoms with Crippen LogP contribution in [0.15, 0.2) is 71.0 Å². The third-order valence-electron chi connectivity index (χ3n) is 6.46. The minimum absolute atomic E-state index is 0.148. The highest BCUT2D eigenvalue weighted by atomic mass is 127. The molecule has 4 N–H and O–H groups in total. The number of allylic oxidation sites excluding steroid dienone is 1. The van der Waals surface area contributed by atoms with E-state index in [0.717, 1.165) is 14.7 Å². The maximum atomic E-state index is 12.4. The second-order valence-electron chi connectivity index (χ2n) is 9.63. The van der Waals surface area contributed by atoms with Gasteiger partial charge < -0.3 is 34.7 Å². The molecule has 45 heavy (non-hydrogen) atoms. The van der Waals surface area contributed by atoms with Crippen molar-refractivity contribution in [1.29, 1.82) is 0 Å². The number of hydrazone groups is 1. The molecule has 2 atom stereocenters. The number of rotatable bonds is 13. The Kier molecular flexibility index (Phi) is 12.2. The summed E-state index contributed by atoms with van der Waals surface area (Å²) in [5.41, 5.74) is 5.48. The highest BCUT2D eigenvalue weighted by Crippen LogP contribution is 2.35. The molecule has 238 valence electrons. The molecule has 0 bridgehead atoms. The fourth-order valence-electron chi connectivity index (χ4n) is 4.33. The van der Waals surface area contributed by atoms with Gasteiger partial charge in [-0.3, -0.25) is 5.43 Å². The van der Waals surface area contributed by atoms with E-state index in [1.807, 2.05) is 31.2 Å². The van der Waals surface area contributed by atoms with Crippen LogP contribution < -0.4 is 30.3 Å². The van der Waals surface area contributed by atoms with E-state index in [0.29, 0.717) is 51.8 Å². The number of ether oxygens (including phenoxy) is 4. The number of nitrogens with one attached hydrogen (secondary N) is 3. The lowest BCUT2D eigenvalue weighted by atomic mass is 9.95. The first kappa shape index (κ1) is 34.2. The zero-order valence-corrected chi connectivity index (χ0v) is 28.2. The minimum atomic E-state index is -1.14. The zero-order valence-electron chi connectivity index (χ0n) is 24.5. The van der Waals surface area contributed by atoms with Gasteiger partial charge in [0.15, 0.2) is 17.7 Å². The van der Waals surface area contributed by atoms with E-state index in [1.165, 1.54) is 7.11 Å². The molecule has 0 fully saturated rings. The fraction of sp³-hybridized carbons (Fsp3) is 0.258. The summed E-state index contributed by atoms with van der Waals surface area (Å²) in [6.45, 7) is 3.92. The molecule has 1 aliphatic heterocycles. The number of urea groups is 1. The topological polar surface area (TPSA) is 140 Å². The van der Waals surface area contributed by atoms with Crippen molar-refractivity contribution in [3.63, 3.8) is 0 Å². The highest BCUT2D eigenvalue weighted by molar-refractivity contribution is 14.1. The summed E-state index contributed by atoms with van der Waals surface area (Å²) >= 11 is 14.4.